The number of ether oxygens (including phenoxy) is 1. The van der Waals surface area contributed by atoms with Crippen LogP contribution in [0.15, 0.2) is 48.0 Å². The van der Waals surface area contributed by atoms with Gasteiger partial charge in [-0.05, 0) is 30.2 Å². The maximum Gasteiger partial charge on any atom is 0.226 e. The van der Waals surface area contributed by atoms with Gasteiger partial charge in [0, 0.05) is 40.0 Å². The van der Waals surface area contributed by atoms with Gasteiger partial charge in [-0.3, -0.25) is 0 Å². The average molecular weight is 414 g/mol. The summed E-state index contributed by atoms with van der Waals surface area (Å²) in [5.74, 6) is 1.48. The van der Waals surface area contributed by atoms with Crippen LogP contribution in [0.3, 0.4) is 0 Å². The normalized spacial score (nSPS) is 14.5. The number of hydrogen-bond donors (Lipinski definition) is 1. The van der Waals surface area contributed by atoms with Gasteiger partial charge >= 0.3 is 0 Å². The van der Waals surface area contributed by atoms with Crippen LogP contribution in [0.1, 0.15) is 17.5 Å². The van der Waals surface area contributed by atoms with Crippen molar-refractivity contribution < 1.29 is 4.74 Å². The fourth-order valence-electron chi connectivity index (χ4n) is 3.01. The number of thiazole rings is 1. The highest BCUT2D eigenvalue weighted by molar-refractivity contribution is 9.09. The van der Waals surface area contributed by atoms with Crippen molar-refractivity contribution in [1.82, 2.24) is 9.97 Å². The molecule has 4 rings (SSSR count). The molecular weight excluding hydrogens is 398 g/mol. The number of aromatic nitrogens is 2. The fraction of sp³-hybridized carbons (Fsp3) is 0.158. The number of hydrogen-bond acceptors (Lipinski definition) is 5. The Bertz CT molecular complexity index is 951. The van der Waals surface area contributed by atoms with Gasteiger partial charge in [-0.2, -0.15) is 0 Å². The summed E-state index contributed by atoms with van der Waals surface area (Å²) in [6.45, 7) is 0. The number of rotatable bonds is 3. The number of nitrogens with two attached hydrogens (primary N) is 1. The van der Waals surface area contributed by atoms with Crippen LogP contribution in [0.25, 0.3) is 16.8 Å². The lowest BCUT2D eigenvalue weighted by atomic mass is 9.94. The molecule has 4 nitrogen and oxygen atoms in total. The Morgan fingerprint density at radius 2 is 2.12 bits per heavy atom. The Balaban J connectivity index is 1.88. The molecule has 0 spiro atoms. The van der Waals surface area contributed by atoms with Crippen molar-refractivity contribution in [2.45, 2.75) is 12.8 Å². The largest absolute Gasteiger partial charge is 0.438 e. The van der Waals surface area contributed by atoms with Crippen molar-refractivity contribution >= 4 is 38.0 Å². The third-order valence-corrected chi connectivity index (χ3v) is 5.25. The Morgan fingerprint density at radius 3 is 2.92 bits per heavy atom. The first-order valence-corrected chi connectivity index (χ1v) is 9.98. The van der Waals surface area contributed by atoms with E-state index in [1.807, 2.05) is 23.6 Å². The van der Waals surface area contributed by atoms with Crippen LogP contribution in [0.4, 0.5) is 5.13 Å². The second-order valence-corrected chi connectivity index (χ2v) is 7.38. The van der Waals surface area contributed by atoms with Gasteiger partial charge in [0.25, 0.3) is 0 Å². The summed E-state index contributed by atoms with van der Waals surface area (Å²) in [6, 6.07) is 10.1. The number of alkyl halides is 1. The van der Waals surface area contributed by atoms with Gasteiger partial charge in [0.2, 0.25) is 5.88 Å². The Labute approximate surface area is 158 Å². The molecule has 2 aromatic heterocycles. The summed E-state index contributed by atoms with van der Waals surface area (Å²) >= 11 is 4.96. The van der Waals surface area contributed by atoms with Crippen molar-refractivity contribution in [1.29, 1.82) is 0 Å². The first-order valence-electron chi connectivity index (χ1n) is 7.98. The molecule has 3 heterocycles. The lowest BCUT2D eigenvalue weighted by Gasteiger charge is -2.11. The van der Waals surface area contributed by atoms with Gasteiger partial charge < -0.3 is 10.5 Å². The van der Waals surface area contributed by atoms with Gasteiger partial charge in [-0.1, -0.05) is 34.1 Å². The number of anilines is 1. The summed E-state index contributed by atoms with van der Waals surface area (Å²) < 4.78 is 6.16. The molecule has 0 unspecified atom stereocenters. The van der Waals surface area contributed by atoms with E-state index in [4.69, 9.17) is 10.5 Å². The van der Waals surface area contributed by atoms with Gasteiger partial charge in [0.05, 0.1) is 5.69 Å². The first-order chi connectivity index (χ1) is 12.3. The summed E-state index contributed by atoms with van der Waals surface area (Å²) in [5, 5.41) is 3.48. The van der Waals surface area contributed by atoms with Crippen LogP contribution >= 0.6 is 27.3 Å². The maximum absolute atomic E-state index is 6.16. The van der Waals surface area contributed by atoms with Crippen LogP contribution in [0.2, 0.25) is 0 Å². The van der Waals surface area contributed by atoms with Crippen molar-refractivity contribution in [2.75, 3.05) is 11.1 Å². The third-order valence-electron chi connectivity index (χ3n) is 4.12. The van der Waals surface area contributed by atoms with Crippen LogP contribution in [-0.2, 0) is 6.42 Å². The van der Waals surface area contributed by atoms with E-state index in [1.165, 1.54) is 16.9 Å². The zero-order valence-corrected chi connectivity index (χ0v) is 15.8. The van der Waals surface area contributed by atoms with Crippen LogP contribution < -0.4 is 10.5 Å². The van der Waals surface area contributed by atoms with Crippen LogP contribution in [-0.4, -0.2) is 15.3 Å². The zero-order valence-electron chi connectivity index (χ0n) is 13.4. The van der Waals surface area contributed by atoms with Crippen molar-refractivity contribution in [3.05, 3.63) is 59.1 Å². The molecule has 126 valence electrons. The Morgan fingerprint density at radius 1 is 1.24 bits per heavy atom. The summed E-state index contributed by atoms with van der Waals surface area (Å²) in [5.41, 5.74) is 11.2. The van der Waals surface area contributed by atoms with E-state index >= 15 is 0 Å². The van der Waals surface area contributed by atoms with E-state index in [0.29, 0.717) is 11.0 Å². The van der Waals surface area contributed by atoms with E-state index in [2.05, 4.69) is 44.1 Å². The second-order valence-electron chi connectivity index (χ2n) is 5.70. The zero-order chi connectivity index (χ0) is 17.2. The summed E-state index contributed by atoms with van der Waals surface area (Å²) in [4.78, 5) is 8.89. The SMILES string of the molecule is Nc1nc(-c2cccc3c2CC(=CCCBr)c2cccnc2O3)cs1. The number of nitrogen functional groups attached to an aromatic ring is 1. The molecule has 1 aromatic carbocycles. The van der Waals surface area contributed by atoms with E-state index < -0.39 is 0 Å². The maximum atomic E-state index is 6.16. The molecule has 25 heavy (non-hydrogen) atoms. The number of fused-ring (bicyclic) bond motifs is 2. The van der Waals surface area contributed by atoms with Crippen molar-refractivity contribution in [2.24, 2.45) is 0 Å². The standard InChI is InChI=1S/C19H16BrN3OS/c20-8-2-4-12-10-15-14(16-11-25-19(21)23-16)5-1-7-17(15)24-18-13(12)6-3-9-22-18/h1,3-7,9,11H,2,8,10H2,(H2,21,23). The predicted octanol–water partition coefficient (Wildman–Crippen LogP) is 5.30. The Hall–Kier alpha value is -2.18. The lowest BCUT2D eigenvalue weighted by Crippen LogP contribution is -1.94. The fourth-order valence-corrected chi connectivity index (χ4v) is 3.80. The molecule has 6 heteroatoms. The van der Waals surface area contributed by atoms with E-state index in [1.54, 1.807) is 6.20 Å². The highest BCUT2D eigenvalue weighted by atomic mass is 79.9. The second kappa shape index (κ2) is 6.98. The minimum absolute atomic E-state index is 0.571. The number of pyridine rings is 1. The first kappa shape index (κ1) is 16.3. The summed E-state index contributed by atoms with van der Waals surface area (Å²) in [6.07, 6.45) is 5.73. The highest BCUT2D eigenvalue weighted by Crippen LogP contribution is 2.42. The van der Waals surface area contributed by atoms with E-state index in [-0.39, 0.29) is 0 Å². The number of benzene rings is 1. The molecule has 3 aromatic rings. The topological polar surface area (TPSA) is 61.0 Å². The minimum atomic E-state index is 0.571. The molecule has 0 saturated heterocycles. The molecule has 1 aliphatic rings. The van der Waals surface area contributed by atoms with E-state index in [9.17, 15) is 0 Å². The number of nitrogens with zero attached hydrogens (tertiary/aromatic N) is 2. The molecule has 1 aliphatic heterocycles. The molecule has 0 amide bonds. The van der Waals surface area contributed by atoms with E-state index in [0.717, 1.165) is 46.3 Å². The number of halogens is 1. The van der Waals surface area contributed by atoms with Gasteiger partial charge in [0.1, 0.15) is 5.75 Å². The molecule has 0 atom stereocenters. The highest BCUT2D eigenvalue weighted by Gasteiger charge is 2.22. The smallest absolute Gasteiger partial charge is 0.226 e. The predicted molar refractivity (Wildman–Crippen MR) is 106 cm³/mol. The Kier molecular flexibility index (Phi) is 4.55. The molecule has 0 radical (unpaired) electrons. The quantitative estimate of drug-likeness (QED) is 0.591. The third kappa shape index (κ3) is 3.19. The lowest BCUT2D eigenvalue weighted by molar-refractivity contribution is 0.460. The average Bonchev–Trinajstić information content (AvgIpc) is 2.98. The molecule has 0 bridgehead atoms. The minimum Gasteiger partial charge on any atom is -0.438 e. The van der Waals surface area contributed by atoms with Gasteiger partial charge in [-0.15, -0.1) is 11.3 Å². The van der Waals surface area contributed by atoms with Crippen molar-refractivity contribution in [3.63, 3.8) is 0 Å². The molecule has 0 aliphatic carbocycles. The van der Waals surface area contributed by atoms with Crippen LogP contribution in [0, 0.1) is 0 Å². The molecule has 0 saturated carbocycles. The van der Waals surface area contributed by atoms with Gasteiger partial charge in [0.15, 0.2) is 5.13 Å². The summed E-state index contributed by atoms with van der Waals surface area (Å²) in [7, 11) is 0. The van der Waals surface area contributed by atoms with Crippen molar-refractivity contribution in [3.8, 4) is 22.9 Å². The van der Waals surface area contributed by atoms with Crippen LogP contribution in [0.5, 0.6) is 11.6 Å². The molecule has 2 N–H and O–H groups in total. The molecular formula is C19H16BrN3OS. The molecule has 0 fully saturated rings. The van der Waals surface area contributed by atoms with Gasteiger partial charge in [-0.25, -0.2) is 9.97 Å². The number of allylic oxidation sites excluding steroid dienone is 2. The monoisotopic (exact) mass is 413 g/mol.